The van der Waals surface area contributed by atoms with Crippen LogP contribution >= 0.6 is 11.8 Å². The number of anilines is 1. The molecular weight excluding hydrogens is 214 g/mol. The van der Waals surface area contributed by atoms with Gasteiger partial charge in [0.25, 0.3) is 0 Å². The lowest BCUT2D eigenvalue weighted by Crippen LogP contribution is -2.26. The second-order valence-electron chi connectivity index (χ2n) is 3.20. The largest absolute Gasteiger partial charge is 0.477 e. The van der Waals surface area contributed by atoms with Gasteiger partial charge in [-0.25, -0.2) is 9.78 Å². The van der Waals surface area contributed by atoms with E-state index in [-0.39, 0.29) is 0 Å². The van der Waals surface area contributed by atoms with Gasteiger partial charge in [-0.1, -0.05) is 0 Å². The number of carbonyl (C=O) groups is 1. The minimum Gasteiger partial charge on any atom is -0.477 e. The summed E-state index contributed by atoms with van der Waals surface area (Å²) in [6, 6.07) is 0. The molecule has 0 fully saturated rings. The second kappa shape index (κ2) is 3.98. The first-order valence-corrected chi connectivity index (χ1v) is 5.48. The van der Waals surface area contributed by atoms with Crippen molar-refractivity contribution in [1.82, 2.24) is 9.55 Å². The number of rotatable bonds is 2. The number of nitrogens with zero attached hydrogens (tertiary/aromatic N) is 3. The molecule has 0 spiro atoms. The molecule has 80 valence electrons. The summed E-state index contributed by atoms with van der Waals surface area (Å²) in [6.45, 7) is 0.807. The molecule has 1 aliphatic heterocycles. The Morgan fingerprint density at radius 1 is 1.67 bits per heavy atom. The number of hydrogen-bond acceptors (Lipinski definition) is 4. The maximum atomic E-state index is 10.8. The smallest absolute Gasteiger partial charge is 0.343 e. The van der Waals surface area contributed by atoms with Gasteiger partial charge < -0.3 is 14.6 Å². The van der Waals surface area contributed by atoms with Gasteiger partial charge in [-0.2, -0.15) is 0 Å². The molecule has 0 unspecified atom stereocenters. The monoisotopic (exact) mass is 225 g/mol. The van der Waals surface area contributed by atoms with Crippen LogP contribution in [0.15, 0.2) is 23.6 Å². The highest BCUT2D eigenvalue weighted by atomic mass is 32.2. The van der Waals surface area contributed by atoms with Gasteiger partial charge in [0.2, 0.25) is 0 Å². The molecule has 0 amide bonds. The first-order valence-electron chi connectivity index (χ1n) is 4.49. The molecule has 0 bridgehead atoms. The van der Waals surface area contributed by atoms with E-state index in [9.17, 15) is 4.79 Å². The number of aliphatic carboxylic acids is 1. The molecule has 1 aliphatic rings. The predicted molar refractivity (Wildman–Crippen MR) is 58.7 cm³/mol. The number of carboxylic acid groups (broad SMARTS) is 1. The fraction of sp³-hybridized carbons (Fsp3) is 0.333. The second-order valence-corrected chi connectivity index (χ2v) is 4.34. The van der Waals surface area contributed by atoms with E-state index < -0.39 is 5.97 Å². The molecule has 15 heavy (non-hydrogen) atoms. The van der Waals surface area contributed by atoms with E-state index in [1.807, 2.05) is 16.5 Å². The van der Waals surface area contributed by atoms with Crippen LogP contribution in [0.25, 0.3) is 0 Å². The van der Waals surface area contributed by atoms with Crippen molar-refractivity contribution in [2.24, 2.45) is 7.05 Å². The predicted octanol–water partition coefficient (Wildman–Crippen LogP) is 0.899. The average molecular weight is 225 g/mol. The van der Waals surface area contributed by atoms with E-state index in [1.165, 1.54) is 11.8 Å². The van der Waals surface area contributed by atoms with Gasteiger partial charge in [0.05, 0.1) is 12.5 Å². The Hall–Kier alpha value is -1.43. The zero-order chi connectivity index (χ0) is 10.8. The molecule has 0 aromatic carbocycles. The molecule has 0 saturated heterocycles. The summed E-state index contributed by atoms with van der Waals surface area (Å²) in [5.74, 6) is 0.824. The normalized spacial score (nSPS) is 16.3. The van der Waals surface area contributed by atoms with Gasteiger partial charge in [0.15, 0.2) is 0 Å². The summed E-state index contributed by atoms with van der Waals surface area (Å²) in [5, 5.41) is 8.88. The van der Waals surface area contributed by atoms with E-state index in [1.54, 1.807) is 18.7 Å². The maximum Gasteiger partial charge on any atom is 0.343 e. The molecule has 6 heteroatoms. The van der Waals surface area contributed by atoms with Crippen molar-refractivity contribution in [3.05, 3.63) is 23.6 Å². The van der Waals surface area contributed by atoms with E-state index >= 15 is 0 Å². The Labute approximate surface area is 91.4 Å². The number of thioether (sulfide) groups is 1. The van der Waals surface area contributed by atoms with Crippen LogP contribution in [-0.4, -0.2) is 32.9 Å². The average Bonchev–Trinajstić information content (AvgIpc) is 2.64. The zero-order valence-electron chi connectivity index (χ0n) is 8.25. The Kier molecular flexibility index (Phi) is 2.68. The molecule has 0 atom stereocenters. The summed E-state index contributed by atoms with van der Waals surface area (Å²) in [4.78, 5) is 17.1. The van der Waals surface area contributed by atoms with Crippen LogP contribution in [0.5, 0.6) is 0 Å². The fourth-order valence-corrected chi connectivity index (χ4v) is 2.26. The molecular formula is C9H11N3O2S. The third-order valence-electron chi connectivity index (χ3n) is 2.16. The third-order valence-corrected chi connectivity index (χ3v) is 3.14. The first kappa shape index (κ1) is 10.1. The Balaban J connectivity index is 2.28. The van der Waals surface area contributed by atoms with Gasteiger partial charge >= 0.3 is 5.97 Å². The van der Waals surface area contributed by atoms with Gasteiger partial charge in [-0.3, -0.25) is 0 Å². The van der Waals surface area contributed by atoms with Gasteiger partial charge in [0.1, 0.15) is 10.7 Å². The zero-order valence-corrected chi connectivity index (χ0v) is 9.07. The van der Waals surface area contributed by atoms with Crippen LogP contribution in [0.2, 0.25) is 0 Å². The lowest BCUT2D eigenvalue weighted by molar-refractivity contribution is -0.131. The summed E-state index contributed by atoms with van der Waals surface area (Å²) in [6.07, 6.45) is 5.09. The van der Waals surface area contributed by atoms with Gasteiger partial charge in [0, 0.05) is 25.5 Å². The van der Waals surface area contributed by atoms with Crippen molar-refractivity contribution in [3.63, 3.8) is 0 Å². The van der Waals surface area contributed by atoms with E-state index in [0.29, 0.717) is 4.91 Å². The van der Waals surface area contributed by atoms with Gasteiger partial charge in [-0.05, 0) is 0 Å². The number of carboxylic acids is 1. The van der Waals surface area contributed by atoms with Crippen molar-refractivity contribution in [3.8, 4) is 0 Å². The number of imidazole rings is 1. The SMILES string of the molecule is Cn1cncc1N1C=C(C(=O)O)SCC1. The van der Waals surface area contributed by atoms with E-state index in [2.05, 4.69) is 4.98 Å². The Morgan fingerprint density at radius 3 is 3.07 bits per heavy atom. The van der Waals surface area contributed by atoms with Crippen LogP contribution in [0.4, 0.5) is 5.82 Å². The van der Waals surface area contributed by atoms with E-state index in [4.69, 9.17) is 5.11 Å². The molecule has 2 rings (SSSR count). The summed E-state index contributed by atoms with van der Waals surface area (Å²) in [7, 11) is 1.89. The molecule has 5 nitrogen and oxygen atoms in total. The third kappa shape index (κ3) is 1.99. The van der Waals surface area contributed by atoms with Crippen molar-refractivity contribution in [1.29, 1.82) is 0 Å². The highest BCUT2D eigenvalue weighted by Gasteiger charge is 2.18. The van der Waals surface area contributed by atoms with Crippen molar-refractivity contribution < 1.29 is 9.90 Å². The van der Waals surface area contributed by atoms with Crippen LogP contribution < -0.4 is 4.90 Å². The Bertz CT molecular complexity index is 413. The van der Waals surface area contributed by atoms with Crippen LogP contribution in [-0.2, 0) is 11.8 Å². The van der Waals surface area contributed by atoms with Crippen molar-refractivity contribution in [2.75, 3.05) is 17.2 Å². The van der Waals surface area contributed by atoms with Crippen LogP contribution in [0.3, 0.4) is 0 Å². The molecule has 1 N–H and O–H groups in total. The summed E-state index contributed by atoms with van der Waals surface area (Å²) < 4.78 is 1.87. The molecule has 0 radical (unpaired) electrons. The van der Waals surface area contributed by atoms with Crippen LogP contribution in [0, 0.1) is 0 Å². The molecule has 1 aromatic heterocycles. The molecule has 1 aromatic rings. The highest BCUT2D eigenvalue weighted by Crippen LogP contribution is 2.25. The first-order chi connectivity index (χ1) is 7.18. The fourth-order valence-electron chi connectivity index (χ4n) is 1.42. The summed E-state index contributed by atoms with van der Waals surface area (Å²) in [5.41, 5.74) is 0. The van der Waals surface area contributed by atoms with E-state index in [0.717, 1.165) is 18.1 Å². The maximum absolute atomic E-state index is 10.8. The van der Waals surface area contributed by atoms with Crippen molar-refractivity contribution >= 4 is 23.5 Å². The highest BCUT2D eigenvalue weighted by molar-refractivity contribution is 8.04. The topological polar surface area (TPSA) is 58.4 Å². The Morgan fingerprint density at radius 2 is 2.47 bits per heavy atom. The number of aromatic nitrogens is 2. The lowest BCUT2D eigenvalue weighted by atomic mass is 10.5. The number of hydrogen-bond donors (Lipinski definition) is 1. The minimum atomic E-state index is -0.869. The van der Waals surface area contributed by atoms with Crippen LogP contribution in [0.1, 0.15) is 0 Å². The molecule has 0 saturated carbocycles. The number of aryl methyl sites for hydroxylation is 1. The lowest BCUT2D eigenvalue weighted by Gasteiger charge is -2.24. The molecule has 0 aliphatic carbocycles. The standard InChI is InChI=1S/C9H11N3O2S/c1-11-6-10-4-8(11)12-2-3-15-7(5-12)9(13)14/h4-6H,2-3H2,1H3,(H,13,14). The minimum absolute atomic E-state index is 0.377. The van der Waals surface area contributed by atoms with Crippen molar-refractivity contribution in [2.45, 2.75) is 0 Å². The van der Waals surface area contributed by atoms with Gasteiger partial charge in [-0.15, -0.1) is 11.8 Å². The summed E-state index contributed by atoms with van der Waals surface area (Å²) >= 11 is 1.37. The molecule has 2 heterocycles. The quantitative estimate of drug-likeness (QED) is 0.810.